The Kier molecular flexibility index (Phi) is 7.97. The van der Waals surface area contributed by atoms with Crippen LogP contribution in [0.25, 0.3) is 10.2 Å². The Morgan fingerprint density at radius 1 is 1.13 bits per heavy atom. The summed E-state index contributed by atoms with van der Waals surface area (Å²) >= 11 is 3.28. The van der Waals surface area contributed by atoms with Crippen LogP contribution in [0.5, 0.6) is 0 Å². The van der Waals surface area contributed by atoms with Gasteiger partial charge in [-0.1, -0.05) is 24.6 Å². The van der Waals surface area contributed by atoms with Gasteiger partial charge in [0.15, 0.2) is 0 Å². The molecule has 0 unspecified atom stereocenters. The fraction of sp³-hybridized carbons (Fsp3) is 0.333. The first-order chi connectivity index (χ1) is 15.3. The molecule has 8 N–H and O–H groups in total. The number of guanidine groups is 1. The third-order valence-electron chi connectivity index (χ3n) is 5.06. The van der Waals surface area contributed by atoms with E-state index in [1.165, 1.54) is 37.1 Å². The number of anilines is 1. The van der Waals surface area contributed by atoms with Gasteiger partial charge in [0.2, 0.25) is 0 Å². The van der Waals surface area contributed by atoms with E-state index in [2.05, 4.69) is 54.1 Å². The maximum atomic E-state index is 5.69. The molecule has 0 atom stereocenters. The number of H-pyrrole nitrogens is 1. The molecule has 164 valence electrons. The van der Waals surface area contributed by atoms with Gasteiger partial charge >= 0.3 is 11.1 Å². The topological polar surface area (TPSA) is 105 Å². The Hall–Kier alpha value is -2.37. The summed E-state index contributed by atoms with van der Waals surface area (Å²) in [6, 6.07) is 16.4. The highest BCUT2D eigenvalue weighted by Gasteiger charge is 2.13. The van der Waals surface area contributed by atoms with Crippen molar-refractivity contribution in [3.63, 3.8) is 0 Å². The number of piperidine rings is 1. The standard InChI is InChI=1S/C21H28N8S2/c22-26-20(27-28-21-25-18-9-2-3-10-19(18)30-21)24-16-7-6-8-17(15-16)31-23-11-14-29-12-4-1-5-13-29/h2-3,6-10,15,23H,1,4-5,11-14,22H2,(H,25,28)(H2,24,26,27)/p+2. The lowest BCUT2D eigenvalue weighted by atomic mass is 10.1. The number of rotatable bonds is 8. The summed E-state index contributed by atoms with van der Waals surface area (Å²) < 4.78 is 4.65. The van der Waals surface area contributed by atoms with Gasteiger partial charge in [-0.2, -0.15) is 5.84 Å². The number of nitrogens with two attached hydrogens (primary N) is 1. The number of nitrogens with one attached hydrogen (secondary N) is 6. The van der Waals surface area contributed by atoms with Gasteiger partial charge in [0.05, 0.1) is 4.70 Å². The summed E-state index contributed by atoms with van der Waals surface area (Å²) in [5.41, 5.74) is 10.9. The number of aromatic amines is 1. The number of benzene rings is 2. The van der Waals surface area contributed by atoms with Gasteiger partial charge in [0.25, 0.3) is 0 Å². The minimum atomic E-state index is 0.547. The van der Waals surface area contributed by atoms with E-state index in [4.69, 9.17) is 5.84 Å². The number of para-hydroxylation sites is 1. The first-order valence-electron chi connectivity index (χ1n) is 10.6. The lowest BCUT2D eigenvalue weighted by Crippen LogP contribution is -2.76. The molecule has 0 aliphatic carbocycles. The van der Waals surface area contributed by atoms with Crippen molar-refractivity contribution in [3.05, 3.63) is 48.5 Å². The van der Waals surface area contributed by atoms with Gasteiger partial charge < -0.3 is 4.90 Å². The summed E-state index contributed by atoms with van der Waals surface area (Å²) in [6.07, 6.45) is 4.04. The molecule has 0 spiro atoms. The number of likely N-dealkylation sites (tertiary alicyclic amines) is 1. The summed E-state index contributed by atoms with van der Waals surface area (Å²) in [5.74, 6) is 6.23. The van der Waals surface area contributed by atoms with Crippen LogP contribution in [0.4, 0.5) is 10.8 Å². The van der Waals surface area contributed by atoms with Crippen LogP contribution in [0.1, 0.15) is 19.3 Å². The number of hydrogen-bond acceptors (Lipinski definition) is 6. The average Bonchev–Trinajstić information content (AvgIpc) is 3.23. The largest absolute Gasteiger partial charge is 0.404 e. The second-order valence-electron chi connectivity index (χ2n) is 7.37. The third-order valence-corrected chi connectivity index (χ3v) is 6.89. The van der Waals surface area contributed by atoms with Gasteiger partial charge in [0, 0.05) is 18.0 Å². The van der Waals surface area contributed by atoms with Crippen LogP contribution in [0.3, 0.4) is 0 Å². The van der Waals surface area contributed by atoms with Crippen LogP contribution in [0.15, 0.2) is 53.4 Å². The molecule has 0 amide bonds. The van der Waals surface area contributed by atoms with E-state index < -0.39 is 0 Å². The molecule has 2 aromatic carbocycles. The molecule has 1 aliphatic rings. The van der Waals surface area contributed by atoms with E-state index in [1.54, 1.807) is 23.3 Å². The van der Waals surface area contributed by atoms with Crippen molar-refractivity contribution in [2.45, 2.75) is 24.2 Å². The molecule has 3 aromatic rings. The molecule has 8 nitrogen and oxygen atoms in total. The quantitative estimate of drug-likeness (QED) is 0.0746. The number of hydrazine groups is 2. The van der Waals surface area contributed by atoms with Crippen molar-refractivity contribution in [2.24, 2.45) is 5.84 Å². The van der Waals surface area contributed by atoms with Crippen molar-refractivity contribution in [1.82, 2.24) is 20.5 Å². The zero-order valence-corrected chi connectivity index (χ0v) is 19.0. The van der Waals surface area contributed by atoms with Crippen LogP contribution < -0.4 is 36.8 Å². The smallest absolute Gasteiger partial charge is 0.302 e. The molecule has 2 heterocycles. The van der Waals surface area contributed by atoms with Crippen LogP contribution >= 0.6 is 23.3 Å². The summed E-state index contributed by atoms with van der Waals surface area (Å²) in [6.45, 7) is 4.54. The lowest BCUT2D eigenvalue weighted by Gasteiger charge is -2.26. The SMILES string of the molecule is NNC(NNc1[nH+]c2ccccc2s1)=[NH+]c1cccc(SNCCN2CCCCC2)c1. The van der Waals surface area contributed by atoms with Crippen LogP contribution in [0.2, 0.25) is 0 Å². The van der Waals surface area contributed by atoms with Crippen molar-refractivity contribution in [3.8, 4) is 0 Å². The fourth-order valence-corrected chi connectivity index (χ4v) is 5.05. The molecule has 31 heavy (non-hydrogen) atoms. The molecule has 1 aromatic heterocycles. The van der Waals surface area contributed by atoms with Gasteiger partial charge in [-0.3, -0.25) is 4.72 Å². The molecule has 4 rings (SSSR count). The second kappa shape index (κ2) is 11.3. The van der Waals surface area contributed by atoms with E-state index >= 15 is 0 Å². The van der Waals surface area contributed by atoms with Crippen molar-refractivity contribution in [1.29, 1.82) is 0 Å². The zero-order chi connectivity index (χ0) is 21.3. The Balaban J connectivity index is 1.28. The number of aromatic nitrogens is 1. The maximum Gasteiger partial charge on any atom is 0.404 e. The Labute approximate surface area is 190 Å². The third kappa shape index (κ3) is 6.55. The predicted octanol–water partition coefficient (Wildman–Crippen LogP) is 0.946. The molecular weight excluding hydrogens is 428 g/mol. The summed E-state index contributed by atoms with van der Waals surface area (Å²) in [5, 5.41) is 0.887. The van der Waals surface area contributed by atoms with Crippen LogP contribution in [0, 0.1) is 0 Å². The molecule has 0 saturated carbocycles. The minimum absolute atomic E-state index is 0.547. The van der Waals surface area contributed by atoms with E-state index in [-0.39, 0.29) is 0 Å². The summed E-state index contributed by atoms with van der Waals surface area (Å²) in [4.78, 5) is 10.3. The highest BCUT2D eigenvalue weighted by atomic mass is 32.2. The first kappa shape index (κ1) is 21.8. The molecular formula is C21H30N8S2+2. The Morgan fingerprint density at radius 3 is 2.84 bits per heavy atom. The number of nitrogens with zero attached hydrogens (tertiary/aromatic N) is 1. The highest BCUT2D eigenvalue weighted by Crippen LogP contribution is 2.20. The zero-order valence-electron chi connectivity index (χ0n) is 17.4. The average molecular weight is 459 g/mol. The van der Waals surface area contributed by atoms with Gasteiger partial charge in [0.1, 0.15) is 11.2 Å². The van der Waals surface area contributed by atoms with Gasteiger partial charge in [-0.15, -0.1) is 10.9 Å². The van der Waals surface area contributed by atoms with E-state index in [9.17, 15) is 0 Å². The minimum Gasteiger partial charge on any atom is -0.302 e. The lowest BCUT2D eigenvalue weighted by molar-refractivity contribution is -0.360. The molecule has 1 saturated heterocycles. The monoisotopic (exact) mass is 458 g/mol. The maximum absolute atomic E-state index is 5.69. The highest BCUT2D eigenvalue weighted by molar-refractivity contribution is 7.97. The second-order valence-corrected chi connectivity index (χ2v) is 9.39. The molecule has 10 heteroatoms. The first-order valence-corrected chi connectivity index (χ1v) is 12.2. The molecule has 0 bridgehead atoms. The van der Waals surface area contributed by atoms with E-state index in [0.717, 1.165) is 34.3 Å². The van der Waals surface area contributed by atoms with E-state index in [1.807, 2.05) is 30.3 Å². The normalized spacial score (nSPS) is 15.2. The molecule has 1 fully saturated rings. The molecule has 0 radical (unpaired) electrons. The number of hydrogen-bond donors (Lipinski definition) is 6. The van der Waals surface area contributed by atoms with Crippen LogP contribution in [-0.2, 0) is 0 Å². The van der Waals surface area contributed by atoms with Gasteiger partial charge in [-0.05, 0) is 79.5 Å². The van der Waals surface area contributed by atoms with Crippen molar-refractivity contribution >= 4 is 50.3 Å². The van der Waals surface area contributed by atoms with Crippen LogP contribution in [-0.4, -0.2) is 37.0 Å². The van der Waals surface area contributed by atoms with Crippen molar-refractivity contribution in [2.75, 3.05) is 31.6 Å². The fourth-order valence-electron chi connectivity index (χ4n) is 3.50. The summed E-state index contributed by atoms with van der Waals surface area (Å²) in [7, 11) is 0. The Bertz CT molecular complexity index is 967. The number of thiazole rings is 1. The van der Waals surface area contributed by atoms with E-state index in [0.29, 0.717) is 5.96 Å². The van der Waals surface area contributed by atoms with Gasteiger partial charge in [-0.25, -0.2) is 15.4 Å². The number of fused-ring (bicyclic) bond motifs is 1. The predicted molar refractivity (Wildman–Crippen MR) is 129 cm³/mol. The van der Waals surface area contributed by atoms with Crippen molar-refractivity contribution < 1.29 is 9.98 Å². The Morgan fingerprint density at radius 2 is 2.00 bits per heavy atom. The molecule has 1 aliphatic heterocycles.